The minimum absolute atomic E-state index is 0.0419. The quantitative estimate of drug-likeness (QED) is 0.728. The molecule has 9 heteroatoms. The first-order valence-electron chi connectivity index (χ1n) is 8.58. The number of hydrogen-bond acceptors (Lipinski definition) is 5. The first-order chi connectivity index (χ1) is 12.3. The van der Waals surface area contributed by atoms with E-state index in [-0.39, 0.29) is 24.5 Å². The second kappa shape index (κ2) is 9.20. The zero-order valence-corrected chi connectivity index (χ0v) is 16.2. The van der Waals surface area contributed by atoms with Crippen molar-refractivity contribution in [3.05, 3.63) is 29.8 Å². The van der Waals surface area contributed by atoms with E-state index >= 15 is 0 Å². The topological polar surface area (TPSA) is 97.0 Å². The van der Waals surface area contributed by atoms with Crippen LogP contribution in [-0.2, 0) is 21.3 Å². The summed E-state index contributed by atoms with van der Waals surface area (Å²) < 4.78 is 37.0. The number of nitrogens with zero attached hydrogens (tertiary/aromatic N) is 1. The van der Waals surface area contributed by atoms with Crippen LogP contribution in [0.2, 0.25) is 0 Å². The van der Waals surface area contributed by atoms with E-state index in [0.717, 1.165) is 5.56 Å². The molecule has 2 amide bonds. The second-order valence-electron chi connectivity index (χ2n) is 6.31. The number of amides is 2. The van der Waals surface area contributed by atoms with Crippen molar-refractivity contribution < 1.29 is 22.7 Å². The number of carbonyl (C=O) groups excluding carboxylic acids is 1. The lowest BCUT2D eigenvalue weighted by Gasteiger charge is -2.34. The number of urea groups is 1. The van der Waals surface area contributed by atoms with Crippen LogP contribution in [0.25, 0.3) is 0 Å². The van der Waals surface area contributed by atoms with Gasteiger partial charge in [-0.2, -0.15) is 4.31 Å². The van der Waals surface area contributed by atoms with Crippen molar-refractivity contribution >= 4 is 16.1 Å². The Balaban J connectivity index is 1.77. The molecular weight excluding hydrogens is 358 g/mol. The predicted molar refractivity (Wildman–Crippen MR) is 98.6 cm³/mol. The van der Waals surface area contributed by atoms with Crippen molar-refractivity contribution in [1.82, 2.24) is 14.9 Å². The zero-order chi connectivity index (χ0) is 19.2. The van der Waals surface area contributed by atoms with Gasteiger partial charge in [0.2, 0.25) is 10.0 Å². The molecule has 0 radical (unpaired) electrons. The smallest absolute Gasteiger partial charge is 0.315 e. The maximum absolute atomic E-state index is 12.4. The SMILES string of the molecule is COc1ccccc1CNC(=O)NCCS(=O)(=O)N1C[C@@H](C)O[C@H](C)C1. The minimum Gasteiger partial charge on any atom is -0.496 e. The lowest BCUT2D eigenvalue weighted by Crippen LogP contribution is -2.50. The summed E-state index contributed by atoms with van der Waals surface area (Å²) in [5.41, 5.74) is 0.842. The highest BCUT2D eigenvalue weighted by atomic mass is 32.2. The number of rotatable bonds is 7. The van der Waals surface area contributed by atoms with E-state index in [1.807, 2.05) is 38.1 Å². The van der Waals surface area contributed by atoms with Gasteiger partial charge in [-0.1, -0.05) is 18.2 Å². The Hall–Kier alpha value is -1.84. The van der Waals surface area contributed by atoms with E-state index in [2.05, 4.69) is 10.6 Å². The number of ether oxygens (including phenoxy) is 2. The summed E-state index contributed by atoms with van der Waals surface area (Å²) >= 11 is 0. The third kappa shape index (κ3) is 5.86. The summed E-state index contributed by atoms with van der Waals surface area (Å²) in [5.74, 6) is 0.542. The van der Waals surface area contributed by atoms with Crippen molar-refractivity contribution in [3.8, 4) is 5.75 Å². The van der Waals surface area contributed by atoms with Crippen LogP contribution in [-0.4, -0.2) is 63.5 Å². The molecule has 2 rings (SSSR count). The van der Waals surface area contributed by atoms with Gasteiger partial charge in [-0.25, -0.2) is 13.2 Å². The third-order valence-electron chi connectivity index (χ3n) is 4.06. The Morgan fingerprint density at radius 2 is 1.88 bits per heavy atom. The van der Waals surface area contributed by atoms with E-state index in [4.69, 9.17) is 9.47 Å². The standard InChI is InChI=1S/C17H27N3O5S/c1-13-11-20(12-14(2)25-13)26(22,23)9-8-18-17(21)19-10-15-6-4-5-7-16(15)24-3/h4-7,13-14H,8-12H2,1-3H3,(H2,18,19,21)/t13-,14-/m1/s1. The molecule has 2 atom stereocenters. The Labute approximate surface area is 154 Å². The van der Waals surface area contributed by atoms with Gasteiger partial charge in [0.1, 0.15) is 5.75 Å². The first-order valence-corrected chi connectivity index (χ1v) is 10.2. The van der Waals surface area contributed by atoms with Crippen LogP contribution in [0, 0.1) is 0 Å². The van der Waals surface area contributed by atoms with Crippen LogP contribution >= 0.6 is 0 Å². The molecule has 0 saturated carbocycles. The van der Waals surface area contributed by atoms with Crippen LogP contribution in [0.1, 0.15) is 19.4 Å². The monoisotopic (exact) mass is 385 g/mol. The van der Waals surface area contributed by atoms with Crippen molar-refractivity contribution in [2.75, 3.05) is 32.5 Å². The van der Waals surface area contributed by atoms with E-state index in [1.54, 1.807) is 7.11 Å². The fourth-order valence-corrected chi connectivity index (χ4v) is 4.36. The molecule has 1 fully saturated rings. The summed E-state index contributed by atoms with van der Waals surface area (Å²) in [6, 6.07) is 6.94. The molecule has 2 N–H and O–H groups in total. The Morgan fingerprint density at radius 1 is 1.23 bits per heavy atom. The highest BCUT2D eigenvalue weighted by Crippen LogP contribution is 2.16. The summed E-state index contributed by atoms with van der Waals surface area (Å²) in [6.07, 6.45) is -0.267. The second-order valence-corrected chi connectivity index (χ2v) is 8.40. The number of para-hydroxylation sites is 1. The summed E-state index contributed by atoms with van der Waals surface area (Å²) in [6.45, 7) is 4.71. The van der Waals surface area contributed by atoms with Gasteiger partial charge in [0, 0.05) is 31.7 Å². The van der Waals surface area contributed by atoms with Crippen LogP contribution in [0.15, 0.2) is 24.3 Å². The molecular formula is C17H27N3O5S. The summed E-state index contributed by atoms with van der Waals surface area (Å²) in [5, 5.41) is 5.28. The molecule has 1 heterocycles. The van der Waals surface area contributed by atoms with Gasteiger partial charge in [-0.15, -0.1) is 0 Å². The minimum atomic E-state index is -3.43. The molecule has 0 spiro atoms. The van der Waals surface area contributed by atoms with Crippen LogP contribution < -0.4 is 15.4 Å². The normalized spacial score (nSPS) is 21.2. The number of hydrogen-bond donors (Lipinski definition) is 2. The maximum atomic E-state index is 12.4. The summed E-state index contributed by atoms with van der Waals surface area (Å²) in [7, 11) is -1.87. The average molecular weight is 385 g/mol. The van der Waals surface area contributed by atoms with Crippen LogP contribution in [0.4, 0.5) is 4.79 Å². The zero-order valence-electron chi connectivity index (χ0n) is 15.4. The van der Waals surface area contributed by atoms with Gasteiger partial charge in [0.05, 0.1) is 25.1 Å². The first kappa shape index (κ1) is 20.5. The lowest BCUT2D eigenvalue weighted by atomic mass is 10.2. The molecule has 146 valence electrons. The molecule has 1 aliphatic rings. The fourth-order valence-electron chi connectivity index (χ4n) is 2.87. The van der Waals surface area contributed by atoms with Crippen LogP contribution in [0.3, 0.4) is 0 Å². The maximum Gasteiger partial charge on any atom is 0.315 e. The van der Waals surface area contributed by atoms with Crippen molar-refractivity contribution in [3.63, 3.8) is 0 Å². The number of sulfonamides is 1. The number of nitrogens with one attached hydrogen (secondary N) is 2. The van der Waals surface area contributed by atoms with Gasteiger partial charge < -0.3 is 20.1 Å². The van der Waals surface area contributed by atoms with E-state index < -0.39 is 16.1 Å². The third-order valence-corrected chi connectivity index (χ3v) is 5.86. The molecule has 1 saturated heterocycles. The molecule has 8 nitrogen and oxygen atoms in total. The molecule has 1 aliphatic heterocycles. The average Bonchev–Trinajstić information content (AvgIpc) is 2.59. The van der Waals surface area contributed by atoms with Gasteiger partial charge in [-0.3, -0.25) is 0 Å². The van der Waals surface area contributed by atoms with Gasteiger partial charge in [0.15, 0.2) is 0 Å². The van der Waals surface area contributed by atoms with E-state index in [9.17, 15) is 13.2 Å². The number of benzene rings is 1. The Morgan fingerprint density at radius 3 is 2.54 bits per heavy atom. The fraction of sp³-hybridized carbons (Fsp3) is 0.588. The predicted octanol–water partition coefficient (Wildman–Crippen LogP) is 0.933. The van der Waals surface area contributed by atoms with E-state index in [0.29, 0.717) is 25.4 Å². The Bertz CT molecular complexity index is 700. The van der Waals surface area contributed by atoms with Crippen molar-refractivity contribution in [2.45, 2.75) is 32.6 Å². The molecule has 1 aromatic carbocycles. The molecule has 26 heavy (non-hydrogen) atoms. The van der Waals surface area contributed by atoms with Gasteiger partial charge in [-0.05, 0) is 19.9 Å². The van der Waals surface area contributed by atoms with Crippen molar-refractivity contribution in [1.29, 1.82) is 0 Å². The number of morpholine rings is 1. The number of carbonyl (C=O) groups is 1. The summed E-state index contributed by atoms with van der Waals surface area (Å²) in [4.78, 5) is 11.9. The van der Waals surface area contributed by atoms with Crippen molar-refractivity contribution in [2.24, 2.45) is 0 Å². The van der Waals surface area contributed by atoms with E-state index in [1.165, 1.54) is 4.31 Å². The largest absolute Gasteiger partial charge is 0.496 e. The number of methoxy groups -OCH3 is 1. The molecule has 0 aromatic heterocycles. The Kier molecular flexibility index (Phi) is 7.24. The highest BCUT2D eigenvalue weighted by molar-refractivity contribution is 7.89. The highest BCUT2D eigenvalue weighted by Gasteiger charge is 2.30. The van der Waals surface area contributed by atoms with Crippen LogP contribution in [0.5, 0.6) is 5.75 Å². The molecule has 0 unspecified atom stereocenters. The van der Waals surface area contributed by atoms with Gasteiger partial charge in [0.25, 0.3) is 0 Å². The van der Waals surface area contributed by atoms with Gasteiger partial charge >= 0.3 is 6.03 Å². The molecule has 0 aliphatic carbocycles. The molecule has 0 bridgehead atoms. The lowest BCUT2D eigenvalue weighted by molar-refractivity contribution is -0.0440. The molecule has 1 aromatic rings.